The van der Waals surface area contributed by atoms with E-state index >= 15 is 0 Å². The van der Waals surface area contributed by atoms with Crippen molar-refractivity contribution in [2.75, 3.05) is 7.11 Å². The van der Waals surface area contributed by atoms with Crippen LogP contribution in [-0.2, 0) is 16.1 Å². The number of aromatic nitrogens is 1. The molecule has 2 heterocycles. The maximum Gasteiger partial charge on any atom is 0.348 e. The molecule has 0 atom stereocenters. The van der Waals surface area contributed by atoms with Crippen molar-refractivity contribution in [1.82, 2.24) is 4.98 Å². The van der Waals surface area contributed by atoms with Crippen molar-refractivity contribution in [2.45, 2.75) is 6.61 Å². The molecule has 29 heavy (non-hydrogen) atoms. The van der Waals surface area contributed by atoms with E-state index < -0.39 is 11.9 Å². The number of pyridine rings is 1. The van der Waals surface area contributed by atoms with Crippen molar-refractivity contribution in [3.8, 4) is 11.1 Å². The molecule has 6 heteroatoms. The normalized spacial score (nSPS) is 10.7. The Hall–Kier alpha value is -3.51. The summed E-state index contributed by atoms with van der Waals surface area (Å²) in [7, 11) is 1.33. The molecule has 0 spiro atoms. The third kappa shape index (κ3) is 3.75. The van der Waals surface area contributed by atoms with Crippen LogP contribution < -0.4 is 0 Å². The first-order valence-corrected chi connectivity index (χ1v) is 9.83. The van der Waals surface area contributed by atoms with Crippen molar-refractivity contribution in [2.24, 2.45) is 0 Å². The number of esters is 2. The van der Waals surface area contributed by atoms with E-state index in [2.05, 4.69) is 4.98 Å². The van der Waals surface area contributed by atoms with Crippen LogP contribution in [0.1, 0.15) is 25.7 Å². The molecule has 144 valence electrons. The predicted molar refractivity (Wildman–Crippen MR) is 112 cm³/mol. The van der Waals surface area contributed by atoms with Crippen LogP contribution in [0.5, 0.6) is 0 Å². The van der Waals surface area contributed by atoms with Crippen molar-refractivity contribution in [3.05, 3.63) is 88.2 Å². The molecule has 0 radical (unpaired) electrons. The molecular weight excluding hydrogens is 386 g/mol. The highest BCUT2D eigenvalue weighted by molar-refractivity contribution is 7.11. The molecule has 0 aliphatic carbocycles. The lowest BCUT2D eigenvalue weighted by Gasteiger charge is -2.16. The number of benzene rings is 2. The Morgan fingerprint density at radius 3 is 2.41 bits per heavy atom. The lowest BCUT2D eigenvalue weighted by molar-refractivity contribution is 0.0461. The second kappa shape index (κ2) is 8.24. The van der Waals surface area contributed by atoms with Gasteiger partial charge in [0.1, 0.15) is 11.5 Å². The molecule has 0 saturated heterocycles. The van der Waals surface area contributed by atoms with Gasteiger partial charge in [0.25, 0.3) is 0 Å². The predicted octanol–water partition coefficient (Wildman–Crippen LogP) is 5.11. The zero-order valence-corrected chi connectivity index (χ0v) is 16.4. The van der Waals surface area contributed by atoms with Gasteiger partial charge in [0.2, 0.25) is 0 Å². The Morgan fingerprint density at radius 2 is 1.69 bits per heavy atom. The minimum absolute atomic E-state index is 0.133. The number of carbonyl (C=O) groups excluding carboxylic acids is 2. The molecule has 4 rings (SSSR count). The molecule has 0 fully saturated rings. The van der Waals surface area contributed by atoms with E-state index in [1.54, 1.807) is 17.5 Å². The van der Waals surface area contributed by atoms with Gasteiger partial charge >= 0.3 is 11.9 Å². The van der Waals surface area contributed by atoms with Gasteiger partial charge < -0.3 is 9.47 Å². The summed E-state index contributed by atoms with van der Waals surface area (Å²) >= 11 is 1.30. The number of para-hydroxylation sites is 1. The molecule has 0 bridgehead atoms. The Bertz CT molecular complexity index is 1170. The monoisotopic (exact) mass is 403 g/mol. The Balaban J connectivity index is 1.87. The number of hydrogen-bond donors (Lipinski definition) is 0. The zero-order chi connectivity index (χ0) is 20.2. The Labute approximate surface area is 171 Å². The van der Waals surface area contributed by atoms with Crippen LogP contribution in [-0.4, -0.2) is 24.0 Å². The van der Waals surface area contributed by atoms with Gasteiger partial charge in [-0.05, 0) is 23.1 Å². The first kappa shape index (κ1) is 18.8. The molecular formula is C23H17NO4S. The van der Waals surface area contributed by atoms with Crippen LogP contribution in [0.3, 0.4) is 0 Å². The fraction of sp³-hybridized carbons (Fsp3) is 0.0870. The van der Waals surface area contributed by atoms with Crippen molar-refractivity contribution >= 4 is 34.2 Å². The summed E-state index contributed by atoms with van der Waals surface area (Å²) < 4.78 is 10.5. The minimum Gasteiger partial charge on any atom is -0.465 e. The van der Waals surface area contributed by atoms with E-state index in [4.69, 9.17) is 9.47 Å². The number of methoxy groups -OCH3 is 1. The van der Waals surface area contributed by atoms with Crippen molar-refractivity contribution in [1.29, 1.82) is 0 Å². The number of ether oxygens (including phenoxy) is 2. The standard InChI is InChI=1S/C23H17NO4S/c1-27-23(26)21-18(14-28-22(25)19-12-7-13-29-19)24-17-11-6-5-10-16(17)20(21)15-8-3-2-4-9-15/h2-13H,14H2,1H3. The van der Waals surface area contributed by atoms with E-state index in [0.29, 0.717) is 27.2 Å². The average molecular weight is 403 g/mol. The molecule has 0 saturated carbocycles. The van der Waals surface area contributed by atoms with Crippen LogP contribution in [0.2, 0.25) is 0 Å². The maximum atomic E-state index is 12.7. The third-order valence-corrected chi connectivity index (χ3v) is 5.33. The van der Waals surface area contributed by atoms with Crippen molar-refractivity contribution in [3.63, 3.8) is 0 Å². The number of fused-ring (bicyclic) bond motifs is 1. The van der Waals surface area contributed by atoms with Gasteiger partial charge in [-0.2, -0.15) is 0 Å². The SMILES string of the molecule is COC(=O)c1c(COC(=O)c2cccs2)nc2ccccc2c1-c1ccccc1. The van der Waals surface area contributed by atoms with Crippen LogP contribution >= 0.6 is 11.3 Å². The van der Waals surface area contributed by atoms with Gasteiger partial charge in [0.05, 0.1) is 23.9 Å². The molecule has 2 aromatic carbocycles. The van der Waals surface area contributed by atoms with Gasteiger partial charge in [0, 0.05) is 10.9 Å². The molecule has 4 aromatic rings. The van der Waals surface area contributed by atoms with Crippen LogP contribution in [0.15, 0.2) is 72.1 Å². The maximum absolute atomic E-state index is 12.7. The van der Waals surface area contributed by atoms with Crippen LogP contribution in [0, 0.1) is 0 Å². The minimum atomic E-state index is -0.524. The van der Waals surface area contributed by atoms with E-state index in [9.17, 15) is 9.59 Å². The third-order valence-electron chi connectivity index (χ3n) is 4.48. The van der Waals surface area contributed by atoms with Gasteiger partial charge in [-0.25, -0.2) is 14.6 Å². The summed E-state index contributed by atoms with van der Waals surface area (Å²) in [5.74, 6) is -0.976. The van der Waals surface area contributed by atoms with Crippen LogP contribution in [0.25, 0.3) is 22.0 Å². The summed E-state index contributed by atoms with van der Waals surface area (Å²) in [6, 6.07) is 20.6. The second-order valence-electron chi connectivity index (χ2n) is 6.24. The summed E-state index contributed by atoms with van der Waals surface area (Å²) in [5, 5.41) is 2.63. The first-order chi connectivity index (χ1) is 14.2. The average Bonchev–Trinajstić information content (AvgIpc) is 3.31. The second-order valence-corrected chi connectivity index (χ2v) is 7.18. The van der Waals surface area contributed by atoms with Gasteiger partial charge in [0.15, 0.2) is 0 Å². The molecule has 0 amide bonds. The van der Waals surface area contributed by atoms with Gasteiger partial charge in [-0.3, -0.25) is 0 Å². The van der Waals surface area contributed by atoms with E-state index in [-0.39, 0.29) is 6.61 Å². The molecule has 2 aromatic heterocycles. The molecule has 0 aliphatic rings. The fourth-order valence-corrected chi connectivity index (χ4v) is 3.81. The highest BCUT2D eigenvalue weighted by atomic mass is 32.1. The smallest absolute Gasteiger partial charge is 0.348 e. The topological polar surface area (TPSA) is 65.5 Å². The lowest BCUT2D eigenvalue weighted by Crippen LogP contribution is -2.13. The summed E-state index contributed by atoms with van der Waals surface area (Å²) in [6.07, 6.45) is 0. The molecule has 0 unspecified atom stereocenters. The zero-order valence-electron chi connectivity index (χ0n) is 15.6. The van der Waals surface area contributed by atoms with Crippen molar-refractivity contribution < 1.29 is 19.1 Å². The lowest BCUT2D eigenvalue weighted by atomic mass is 9.94. The number of carbonyl (C=O) groups is 2. The number of thiophene rings is 1. The van der Waals surface area contributed by atoms with E-state index in [1.807, 2.05) is 54.6 Å². The molecule has 0 N–H and O–H groups in total. The summed E-state index contributed by atoms with van der Waals surface area (Å²) in [6.45, 7) is -0.133. The van der Waals surface area contributed by atoms with Gasteiger partial charge in [-0.1, -0.05) is 54.6 Å². The van der Waals surface area contributed by atoms with E-state index in [1.165, 1.54) is 18.4 Å². The number of rotatable bonds is 5. The highest BCUT2D eigenvalue weighted by Gasteiger charge is 2.24. The number of nitrogens with zero attached hydrogens (tertiary/aromatic N) is 1. The van der Waals surface area contributed by atoms with Gasteiger partial charge in [-0.15, -0.1) is 11.3 Å². The quantitative estimate of drug-likeness (QED) is 0.434. The van der Waals surface area contributed by atoms with E-state index in [0.717, 1.165) is 10.9 Å². The number of hydrogen-bond acceptors (Lipinski definition) is 6. The fourth-order valence-electron chi connectivity index (χ4n) is 3.19. The molecule has 0 aliphatic heterocycles. The largest absolute Gasteiger partial charge is 0.465 e. The molecule has 5 nitrogen and oxygen atoms in total. The van der Waals surface area contributed by atoms with Crippen LogP contribution in [0.4, 0.5) is 0 Å². The first-order valence-electron chi connectivity index (χ1n) is 8.95. The highest BCUT2D eigenvalue weighted by Crippen LogP contribution is 2.34. The summed E-state index contributed by atoms with van der Waals surface area (Å²) in [4.78, 5) is 30.1. The Morgan fingerprint density at radius 1 is 0.931 bits per heavy atom. The Kier molecular flexibility index (Phi) is 5.35. The summed E-state index contributed by atoms with van der Waals surface area (Å²) in [5.41, 5.74) is 2.94.